The highest BCUT2D eigenvalue weighted by Crippen LogP contribution is 2.24. The Hall–Kier alpha value is -2.82. The van der Waals surface area contributed by atoms with Crippen molar-refractivity contribution < 1.29 is 9.59 Å². The number of para-hydroxylation sites is 1. The first-order valence-corrected chi connectivity index (χ1v) is 9.00. The fourth-order valence-corrected chi connectivity index (χ4v) is 3.25. The van der Waals surface area contributed by atoms with Crippen LogP contribution in [0.3, 0.4) is 0 Å². The number of anilines is 2. The van der Waals surface area contributed by atoms with E-state index in [4.69, 9.17) is 0 Å². The number of rotatable bonds is 4. The van der Waals surface area contributed by atoms with E-state index in [1.165, 1.54) is 5.56 Å². The van der Waals surface area contributed by atoms with Gasteiger partial charge in [0, 0.05) is 30.9 Å². The van der Waals surface area contributed by atoms with E-state index in [9.17, 15) is 9.59 Å². The molecule has 136 valence electrons. The number of urea groups is 1. The molecular formula is C21H25N3O2. The van der Waals surface area contributed by atoms with Gasteiger partial charge in [0.2, 0.25) is 5.91 Å². The predicted octanol–water partition coefficient (Wildman–Crippen LogP) is 3.64. The first kappa shape index (κ1) is 18.0. The SMILES string of the molecule is CCN(C(=O)NC1CC(=O)N(c2ccc(C)c(C)c2)C1)c1ccccc1. The standard InChI is InChI=1S/C21H25N3O2/c1-4-23(18-8-6-5-7-9-18)21(26)22-17-13-20(25)24(14-17)19-11-10-15(2)16(3)12-19/h5-12,17H,4,13-14H2,1-3H3,(H,22,26). The van der Waals surface area contributed by atoms with Gasteiger partial charge in [0.25, 0.3) is 0 Å². The maximum atomic E-state index is 12.7. The molecule has 2 aromatic rings. The van der Waals surface area contributed by atoms with Gasteiger partial charge in [-0.3, -0.25) is 9.69 Å². The van der Waals surface area contributed by atoms with Crippen LogP contribution in [0, 0.1) is 13.8 Å². The van der Waals surface area contributed by atoms with E-state index >= 15 is 0 Å². The third-order valence-electron chi connectivity index (χ3n) is 4.88. The summed E-state index contributed by atoms with van der Waals surface area (Å²) in [4.78, 5) is 28.5. The summed E-state index contributed by atoms with van der Waals surface area (Å²) in [5, 5.41) is 3.01. The van der Waals surface area contributed by atoms with E-state index < -0.39 is 0 Å². The van der Waals surface area contributed by atoms with Crippen molar-refractivity contribution in [3.8, 4) is 0 Å². The molecule has 0 spiro atoms. The Morgan fingerprint density at radius 3 is 2.54 bits per heavy atom. The fourth-order valence-electron chi connectivity index (χ4n) is 3.25. The number of aryl methyl sites for hydroxylation is 2. The van der Waals surface area contributed by atoms with E-state index in [1.807, 2.05) is 62.4 Å². The van der Waals surface area contributed by atoms with Crippen LogP contribution in [0.1, 0.15) is 24.5 Å². The highest BCUT2D eigenvalue weighted by atomic mass is 16.2. The minimum absolute atomic E-state index is 0.0429. The topological polar surface area (TPSA) is 52.7 Å². The van der Waals surface area contributed by atoms with Gasteiger partial charge in [-0.25, -0.2) is 4.79 Å². The van der Waals surface area contributed by atoms with Crippen LogP contribution < -0.4 is 15.1 Å². The lowest BCUT2D eigenvalue weighted by molar-refractivity contribution is -0.117. The van der Waals surface area contributed by atoms with Gasteiger partial charge >= 0.3 is 6.03 Å². The van der Waals surface area contributed by atoms with Crippen LogP contribution in [-0.4, -0.2) is 31.1 Å². The van der Waals surface area contributed by atoms with Crippen molar-refractivity contribution in [2.75, 3.05) is 22.9 Å². The monoisotopic (exact) mass is 351 g/mol. The van der Waals surface area contributed by atoms with Crippen LogP contribution >= 0.6 is 0 Å². The fraction of sp³-hybridized carbons (Fsp3) is 0.333. The summed E-state index contributed by atoms with van der Waals surface area (Å²) in [7, 11) is 0. The van der Waals surface area contributed by atoms with Gasteiger partial charge in [-0.05, 0) is 56.2 Å². The molecule has 1 atom stereocenters. The molecule has 1 aliphatic heterocycles. The third-order valence-corrected chi connectivity index (χ3v) is 4.88. The molecule has 5 heteroatoms. The molecule has 1 N–H and O–H groups in total. The summed E-state index contributed by atoms with van der Waals surface area (Å²) in [5.41, 5.74) is 4.10. The molecule has 5 nitrogen and oxygen atoms in total. The van der Waals surface area contributed by atoms with Crippen molar-refractivity contribution in [1.29, 1.82) is 0 Å². The van der Waals surface area contributed by atoms with E-state index in [-0.39, 0.29) is 18.0 Å². The Balaban J connectivity index is 1.68. The molecule has 0 saturated carbocycles. The number of carbonyl (C=O) groups excluding carboxylic acids is 2. The van der Waals surface area contributed by atoms with Gasteiger partial charge in [0.15, 0.2) is 0 Å². The Morgan fingerprint density at radius 2 is 1.88 bits per heavy atom. The summed E-state index contributed by atoms with van der Waals surface area (Å²) in [5.74, 6) is 0.0429. The molecule has 3 rings (SSSR count). The summed E-state index contributed by atoms with van der Waals surface area (Å²) in [6, 6.07) is 15.2. The van der Waals surface area contributed by atoms with E-state index in [0.29, 0.717) is 19.5 Å². The lowest BCUT2D eigenvalue weighted by atomic mass is 10.1. The summed E-state index contributed by atoms with van der Waals surface area (Å²) >= 11 is 0. The molecule has 1 unspecified atom stereocenters. The first-order chi connectivity index (χ1) is 12.5. The van der Waals surface area contributed by atoms with Crippen LogP contribution in [0.2, 0.25) is 0 Å². The molecule has 0 aromatic heterocycles. The molecule has 0 bridgehead atoms. The van der Waals surface area contributed by atoms with Crippen molar-refractivity contribution in [3.05, 3.63) is 59.7 Å². The molecule has 1 aliphatic rings. The number of nitrogens with zero attached hydrogens (tertiary/aromatic N) is 2. The second kappa shape index (κ2) is 7.60. The van der Waals surface area contributed by atoms with Crippen molar-refractivity contribution in [3.63, 3.8) is 0 Å². The Morgan fingerprint density at radius 1 is 1.15 bits per heavy atom. The lowest BCUT2D eigenvalue weighted by Crippen LogP contribution is -2.46. The Labute approximate surface area is 154 Å². The largest absolute Gasteiger partial charge is 0.333 e. The van der Waals surface area contributed by atoms with Gasteiger partial charge < -0.3 is 10.2 Å². The van der Waals surface area contributed by atoms with Crippen LogP contribution in [0.25, 0.3) is 0 Å². The van der Waals surface area contributed by atoms with Crippen LogP contribution in [0.15, 0.2) is 48.5 Å². The van der Waals surface area contributed by atoms with Gasteiger partial charge in [-0.2, -0.15) is 0 Å². The molecular weight excluding hydrogens is 326 g/mol. The maximum absolute atomic E-state index is 12.7. The van der Waals surface area contributed by atoms with Gasteiger partial charge in [-0.1, -0.05) is 24.3 Å². The number of amides is 3. The van der Waals surface area contributed by atoms with Gasteiger partial charge in [0.1, 0.15) is 0 Å². The normalized spacial score (nSPS) is 16.7. The van der Waals surface area contributed by atoms with E-state index in [0.717, 1.165) is 16.9 Å². The van der Waals surface area contributed by atoms with Crippen molar-refractivity contribution in [2.24, 2.45) is 0 Å². The molecule has 1 heterocycles. The number of benzene rings is 2. The molecule has 2 aromatic carbocycles. The molecule has 3 amide bonds. The highest BCUT2D eigenvalue weighted by molar-refractivity contribution is 5.98. The predicted molar refractivity (Wildman–Crippen MR) is 105 cm³/mol. The third kappa shape index (κ3) is 3.72. The van der Waals surface area contributed by atoms with Crippen molar-refractivity contribution in [1.82, 2.24) is 5.32 Å². The number of hydrogen-bond acceptors (Lipinski definition) is 2. The van der Waals surface area contributed by atoms with Crippen LogP contribution in [0.5, 0.6) is 0 Å². The highest BCUT2D eigenvalue weighted by Gasteiger charge is 2.32. The Kier molecular flexibility index (Phi) is 5.26. The zero-order chi connectivity index (χ0) is 18.7. The van der Waals surface area contributed by atoms with Gasteiger partial charge in [-0.15, -0.1) is 0 Å². The van der Waals surface area contributed by atoms with E-state index in [2.05, 4.69) is 12.2 Å². The van der Waals surface area contributed by atoms with Crippen LogP contribution in [-0.2, 0) is 4.79 Å². The molecule has 0 aliphatic carbocycles. The second-order valence-electron chi connectivity index (χ2n) is 6.70. The quantitative estimate of drug-likeness (QED) is 0.914. The van der Waals surface area contributed by atoms with Crippen molar-refractivity contribution in [2.45, 2.75) is 33.2 Å². The smallest absolute Gasteiger partial charge is 0.322 e. The van der Waals surface area contributed by atoms with E-state index in [1.54, 1.807) is 9.80 Å². The molecule has 1 fully saturated rings. The number of hydrogen-bond donors (Lipinski definition) is 1. The molecule has 0 radical (unpaired) electrons. The molecule has 1 saturated heterocycles. The average Bonchev–Trinajstić information content (AvgIpc) is 2.99. The number of carbonyl (C=O) groups is 2. The zero-order valence-corrected chi connectivity index (χ0v) is 15.5. The summed E-state index contributed by atoms with van der Waals surface area (Å²) in [6.07, 6.45) is 0.324. The minimum atomic E-state index is -0.186. The Bertz CT molecular complexity index is 804. The van der Waals surface area contributed by atoms with Crippen LogP contribution in [0.4, 0.5) is 16.2 Å². The summed E-state index contributed by atoms with van der Waals surface area (Å²) < 4.78 is 0. The maximum Gasteiger partial charge on any atom is 0.322 e. The average molecular weight is 351 g/mol. The summed E-state index contributed by atoms with van der Waals surface area (Å²) in [6.45, 7) is 7.10. The first-order valence-electron chi connectivity index (χ1n) is 9.00. The van der Waals surface area contributed by atoms with Crippen molar-refractivity contribution >= 4 is 23.3 Å². The van der Waals surface area contributed by atoms with Gasteiger partial charge in [0.05, 0.1) is 6.04 Å². The lowest BCUT2D eigenvalue weighted by Gasteiger charge is -2.24. The minimum Gasteiger partial charge on any atom is -0.333 e. The number of nitrogens with one attached hydrogen (secondary N) is 1. The molecule has 26 heavy (non-hydrogen) atoms. The second-order valence-corrected chi connectivity index (χ2v) is 6.70. The zero-order valence-electron chi connectivity index (χ0n) is 15.5.